The molecular weight excluding hydrogens is 244 g/mol. The van der Waals surface area contributed by atoms with Crippen molar-refractivity contribution in [3.63, 3.8) is 0 Å². The number of rotatable bonds is 8. The van der Waals surface area contributed by atoms with Crippen LogP contribution in [0.1, 0.15) is 49.7 Å². The molecule has 112 valence electrons. The van der Waals surface area contributed by atoms with Crippen LogP contribution in [-0.4, -0.2) is 20.1 Å². The SMILES string of the molecule is CNCCc1ccccc1CNCCC1CCCCC1. The summed E-state index contributed by atoms with van der Waals surface area (Å²) in [7, 11) is 2.02. The van der Waals surface area contributed by atoms with Crippen LogP contribution < -0.4 is 10.6 Å². The van der Waals surface area contributed by atoms with Gasteiger partial charge in [0.05, 0.1) is 0 Å². The van der Waals surface area contributed by atoms with E-state index < -0.39 is 0 Å². The molecule has 0 spiro atoms. The Balaban J connectivity index is 1.70. The summed E-state index contributed by atoms with van der Waals surface area (Å²) in [6.45, 7) is 3.25. The smallest absolute Gasteiger partial charge is 0.0208 e. The highest BCUT2D eigenvalue weighted by molar-refractivity contribution is 5.27. The average Bonchev–Trinajstić information content (AvgIpc) is 2.51. The van der Waals surface area contributed by atoms with E-state index in [1.807, 2.05) is 7.05 Å². The van der Waals surface area contributed by atoms with Crippen LogP contribution in [0.5, 0.6) is 0 Å². The van der Waals surface area contributed by atoms with Gasteiger partial charge in [-0.05, 0) is 50.0 Å². The van der Waals surface area contributed by atoms with Crippen LogP contribution in [0.25, 0.3) is 0 Å². The molecule has 0 aromatic heterocycles. The fraction of sp³-hybridized carbons (Fsp3) is 0.667. The summed E-state index contributed by atoms with van der Waals surface area (Å²) in [6.07, 6.45) is 9.77. The monoisotopic (exact) mass is 274 g/mol. The number of likely N-dealkylation sites (N-methyl/N-ethyl adjacent to an activating group) is 1. The molecule has 0 saturated heterocycles. The highest BCUT2D eigenvalue weighted by atomic mass is 14.8. The Hall–Kier alpha value is -0.860. The van der Waals surface area contributed by atoms with E-state index in [1.165, 1.54) is 56.2 Å². The van der Waals surface area contributed by atoms with Gasteiger partial charge in [0.2, 0.25) is 0 Å². The second kappa shape index (κ2) is 9.15. The molecule has 20 heavy (non-hydrogen) atoms. The number of hydrogen-bond acceptors (Lipinski definition) is 2. The summed E-state index contributed by atoms with van der Waals surface area (Å²) in [5, 5.41) is 6.88. The van der Waals surface area contributed by atoms with E-state index in [9.17, 15) is 0 Å². The van der Waals surface area contributed by atoms with Gasteiger partial charge in [0.15, 0.2) is 0 Å². The summed E-state index contributed by atoms with van der Waals surface area (Å²) in [4.78, 5) is 0. The van der Waals surface area contributed by atoms with Crippen molar-refractivity contribution in [2.45, 2.75) is 51.5 Å². The molecule has 2 heteroatoms. The Bertz CT molecular complexity index is 369. The molecule has 1 aromatic rings. The van der Waals surface area contributed by atoms with Gasteiger partial charge in [-0.3, -0.25) is 0 Å². The van der Waals surface area contributed by atoms with E-state index in [1.54, 1.807) is 0 Å². The lowest BCUT2D eigenvalue weighted by molar-refractivity contribution is 0.334. The zero-order valence-corrected chi connectivity index (χ0v) is 13.0. The van der Waals surface area contributed by atoms with Gasteiger partial charge in [0, 0.05) is 6.54 Å². The lowest BCUT2D eigenvalue weighted by Gasteiger charge is -2.21. The van der Waals surface area contributed by atoms with Crippen molar-refractivity contribution >= 4 is 0 Å². The fourth-order valence-electron chi connectivity index (χ4n) is 3.24. The maximum atomic E-state index is 3.65. The molecule has 0 unspecified atom stereocenters. The van der Waals surface area contributed by atoms with E-state index in [-0.39, 0.29) is 0 Å². The standard InChI is InChI=1S/C18H30N2/c1-19-13-12-17-9-5-6-10-18(17)15-20-14-11-16-7-3-2-4-8-16/h5-6,9-10,16,19-20H,2-4,7-8,11-15H2,1H3. The first-order valence-electron chi connectivity index (χ1n) is 8.32. The van der Waals surface area contributed by atoms with Gasteiger partial charge in [0.25, 0.3) is 0 Å². The van der Waals surface area contributed by atoms with Gasteiger partial charge in [-0.1, -0.05) is 56.4 Å². The van der Waals surface area contributed by atoms with Gasteiger partial charge in [-0.2, -0.15) is 0 Å². The van der Waals surface area contributed by atoms with Gasteiger partial charge in [0.1, 0.15) is 0 Å². The predicted octanol–water partition coefficient (Wildman–Crippen LogP) is 3.51. The van der Waals surface area contributed by atoms with Gasteiger partial charge < -0.3 is 10.6 Å². The minimum atomic E-state index is 0.982. The van der Waals surface area contributed by atoms with Crippen LogP contribution in [-0.2, 0) is 13.0 Å². The summed E-state index contributed by atoms with van der Waals surface area (Å²) in [6, 6.07) is 8.83. The molecule has 1 fully saturated rings. The first kappa shape index (κ1) is 15.5. The Labute approximate surface area is 124 Å². The van der Waals surface area contributed by atoms with E-state index in [0.29, 0.717) is 0 Å². The van der Waals surface area contributed by atoms with Crippen molar-refractivity contribution in [3.8, 4) is 0 Å². The van der Waals surface area contributed by atoms with Crippen LogP contribution in [0.3, 0.4) is 0 Å². The van der Waals surface area contributed by atoms with Crippen molar-refractivity contribution < 1.29 is 0 Å². The maximum absolute atomic E-state index is 3.65. The van der Waals surface area contributed by atoms with Crippen molar-refractivity contribution in [2.75, 3.05) is 20.1 Å². The van der Waals surface area contributed by atoms with Crippen LogP contribution in [0.4, 0.5) is 0 Å². The molecule has 1 aliphatic rings. The van der Waals surface area contributed by atoms with Crippen LogP contribution in [0.15, 0.2) is 24.3 Å². The van der Waals surface area contributed by atoms with E-state index in [2.05, 4.69) is 34.9 Å². The topological polar surface area (TPSA) is 24.1 Å². The molecule has 0 radical (unpaired) electrons. The van der Waals surface area contributed by atoms with E-state index in [0.717, 1.165) is 25.4 Å². The first-order valence-corrected chi connectivity index (χ1v) is 8.32. The maximum Gasteiger partial charge on any atom is 0.0208 e. The summed E-state index contributed by atoms with van der Waals surface area (Å²) < 4.78 is 0. The van der Waals surface area contributed by atoms with Crippen molar-refractivity contribution in [2.24, 2.45) is 5.92 Å². The molecule has 2 N–H and O–H groups in total. The van der Waals surface area contributed by atoms with Crippen LogP contribution in [0, 0.1) is 5.92 Å². The predicted molar refractivity (Wildman–Crippen MR) is 87.0 cm³/mol. The van der Waals surface area contributed by atoms with Gasteiger partial charge in [-0.25, -0.2) is 0 Å². The third-order valence-corrected chi connectivity index (χ3v) is 4.53. The summed E-state index contributed by atoms with van der Waals surface area (Å²) in [5.74, 6) is 0.982. The Kier molecular flexibility index (Phi) is 7.10. The quantitative estimate of drug-likeness (QED) is 0.709. The van der Waals surface area contributed by atoms with E-state index in [4.69, 9.17) is 0 Å². The van der Waals surface area contributed by atoms with Gasteiger partial charge >= 0.3 is 0 Å². The third kappa shape index (κ3) is 5.26. The first-order chi connectivity index (χ1) is 9.90. The second-order valence-electron chi connectivity index (χ2n) is 6.09. The Morgan fingerprint density at radius 1 is 1.00 bits per heavy atom. The zero-order chi connectivity index (χ0) is 14.0. The number of hydrogen-bond donors (Lipinski definition) is 2. The number of nitrogens with one attached hydrogen (secondary N) is 2. The normalized spacial score (nSPS) is 16.4. The summed E-state index contributed by atoms with van der Waals surface area (Å²) in [5.41, 5.74) is 2.94. The minimum Gasteiger partial charge on any atom is -0.319 e. The molecule has 0 heterocycles. The highest BCUT2D eigenvalue weighted by Gasteiger charge is 2.12. The van der Waals surface area contributed by atoms with Crippen molar-refractivity contribution in [3.05, 3.63) is 35.4 Å². The molecule has 1 aromatic carbocycles. The second-order valence-corrected chi connectivity index (χ2v) is 6.09. The average molecular weight is 274 g/mol. The molecule has 0 amide bonds. The third-order valence-electron chi connectivity index (χ3n) is 4.53. The minimum absolute atomic E-state index is 0.982. The highest BCUT2D eigenvalue weighted by Crippen LogP contribution is 2.25. The lowest BCUT2D eigenvalue weighted by Crippen LogP contribution is -2.20. The lowest BCUT2D eigenvalue weighted by atomic mass is 9.87. The van der Waals surface area contributed by atoms with Gasteiger partial charge in [-0.15, -0.1) is 0 Å². The Morgan fingerprint density at radius 2 is 1.75 bits per heavy atom. The Morgan fingerprint density at radius 3 is 2.50 bits per heavy atom. The number of benzene rings is 1. The fourth-order valence-corrected chi connectivity index (χ4v) is 3.24. The molecule has 1 aliphatic carbocycles. The van der Waals surface area contributed by atoms with E-state index >= 15 is 0 Å². The summed E-state index contributed by atoms with van der Waals surface area (Å²) >= 11 is 0. The van der Waals surface area contributed by atoms with Crippen LogP contribution >= 0.6 is 0 Å². The van der Waals surface area contributed by atoms with Crippen molar-refractivity contribution in [1.29, 1.82) is 0 Å². The molecule has 0 aliphatic heterocycles. The molecule has 1 saturated carbocycles. The molecular formula is C18H30N2. The molecule has 0 bridgehead atoms. The zero-order valence-electron chi connectivity index (χ0n) is 13.0. The van der Waals surface area contributed by atoms with Crippen molar-refractivity contribution in [1.82, 2.24) is 10.6 Å². The largest absolute Gasteiger partial charge is 0.319 e. The van der Waals surface area contributed by atoms with Crippen LogP contribution in [0.2, 0.25) is 0 Å². The molecule has 0 atom stereocenters. The molecule has 2 nitrogen and oxygen atoms in total. The molecule has 2 rings (SSSR count).